The second kappa shape index (κ2) is 6.48. The first-order valence-electron chi connectivity index (χ1n) is 8.34. The van der Waals surface area contributed by atoms with Gasteiger partial charge in [0.2, 0.25) is 5.91 Å². The van der Waals surface area contributed by atoms with E-state index in [-0.39, 0.29) is 5.91 Å². The minimum Gasteiger partial charge on any atom is -0.342 e. The van der Waals surface area contributed by atoms with Crippen molar-refractivity contribution < 1.29 is 4.79 Å². The van der Waals surface area contributed by atoms with Gasteiger partial charge in [0.25, 0.3) is 0 Å². The fourth-order valence-corrected chi connectivity index (χ4v) is 4.31. The maximum absolute atomic E-state index is 12.6. The summed E-state index contributed by atoms with van der Waals surface area (Å²) >= 11 is 1.68. The van der Waals surface area contributed by atoms with Gasteiger partial charge in [-0.05, 0) is 51.2 Å². The number of hydrogen-bond donors (Lipinski definition) is 0. The second-order valence-corrected chi connectivity index (χ2v) is 7.64. The van der Waals surface area contributed by atoms with E-state index in [1.807, 2.05) is 16.8 Å². The van der Waals surface area contributed by atoms with E-state index in [4.69, 9.17) is 4.98 Å². The van der Waals surface area contributed by atoms with Crippen molar-refractivity contribution in [3.05, 3.63) is 23.3 Å². The highest BCUT2D eigenvalue weighted by atomic mass is 32.1. The summed E-state index contributed by atoms with van der Waals surface area (Å²) < 4.78 is 1.23. The van der Waals surface area contributed by atoms with Crippen LogP contribution in [0.1, 0.15) is 37.3 Å². The number of benzene rings is 1. The summed E-state index contributed by atoms with van der Waals surface area (Å²) in [6.07, 6.45) is 3.48. The van der Waals surface area contributed by atoms with E-state index < -0.39 is 0 Å². The van der Waals surface area contributed by atoms with Crippen molar-refractivity contribution in [3.63, 3.8) is 0 Å². The zero-order valence-corrected chi connectivity index (χ0v) is 15.2. The van der Waals surface area contributed by atoms with E-state index in [1.165, 1.54) is 22.2 Å². The molecular weight excluding hydrogens is 306 g/mol. The first-order valence-corrected chi connectivity index (χ1v) is 9.16. The third-order valence-corrected chi connectivity index (χ3v) is 6.06. The molecule has 23 heavy (non-hydrogen) atoms. The van der Waals surface area contributed by atoms with E-state index in [2.05, 4.69) is 32.9 Å². The Morgan fingerprint density at radius 3 is 2.78 bits per heavy atom. The van der Waals surface area contributed by atoms with Crippen LogP contribution in [-0.4, -0.2) is 42.0 Å². The van der Waals surface area contributed by atoms with Gasteiger partial charge in [-0.2, -0.15) is 0 Å². The smallest absolute Gasteiger partial charge is 0.242 e. The summed E-state index contributed by atoms with van der Waals surface area (Å²) in [5.41, 5.74) is 3.51. The third kappa shape index (κ3) is 3.20. The largest absolute Gasteiger partial charge is 0.342 e. The van der Waals surface area contributed by atoms with Gasteiger partial charge in [-0.1, -0.05) is 23.5 Å². The monoisotopic (exact) mass is 331 g/mol. The summed E-state index contributed by atoms with van der Waals surface area (Å²) in [7, 11) is 1.97. The normalized spacial score (nSPS) is 18.4. The van der Waals surface area contributed by atoms with Gasteiger partial charge in [0.1, 0.15) is 0 Å². The molecule has 0 radical (unpaired) electrons. The van der Waals surface area contributed by atoms with E-state index in [0.29, 0.717) is 12.6 Å². The number of anilines is 1. The molecule has 2 heterocycles. The number of likely N-dealkylation sites (N-methyl/N-ethyl adjacent to an activating group) is 1. The molecule has 4 nitrogen and oxygen atoms in total. The maximum atomic E-state index is 12.6. The molecular formula is C18H25N3OS. The summed E-state index contributed by atoms with van der Waals surface area (Å²) in [6.45, 7) is 7.66. The Morgan fingerprint density at radius 1 is 1.35 bits per heavy atom. The van der Waals surface area contributed by atoms with E-state index in [0.717, 1.165) is 30.0 Å². The Morgan fingerprint density at radius 2 is 2.09 bits per heavy atom. The number of hydrogen-bond acceptors (Lipinski definition) is 4. The minimum atomic E-state index is 0.215. The van der Waals surface area contributed by atoms with Crippen LogP contribution < -0.4 is 4.90 Å². The molecule has 0 bridgehead atoms. The Balaban J connectivity index is 1.78. The number of carbonyl (C=O) groups excluding carboxylic acids is 1. The molecule has 1 atom stereocenters. The topological polar surface area (TPSA) is 36.4 Å². The minimum absolute atomic E-state index is 0.215. The standard InChI is InChI=1S/C18H25N3OS/c1-12-8-9-13(2)17-16(12)19-18(23-17)20(4)11-15(22)21-10-6-5-7-14(21)3/h8-9,14H,5-7,10-11H2,1-4H3. The van der Waals surface area contributed by atoms with Crippen LogP contribution >= 0.6 is 11.3 Å². The highest BCUT2D eigenvalue weighted by Crippen LogP contribution is 2.32. The van der Waals surface area contributed by atoms with Gasteiger partial charge >= 0.3 is 0 Å². The van der Waals surface area contributed by atoms with Crippen LogP contribution in [0.5, 0.6) is 0 Å². The lowest BCUT2D eigenvalue weighted by atomic mass is 10.0. The predicted molar refractivity (Wildman–Crippen MR) is 97.4 cm³/mol. The lowest BCUT2D eigenvalue weighted by Crippen LogP contribution is -2.46. The van der Waals surface area contributed by atoms with Crippen LogP contribution in [0.2, 0.25) is 0 Å². The average molecular weight is 331 g/mol. The molecule has 0 spiro atoms. The van der Waals surface area contributed by atoms with Gasteiger partial charge < -0.3 is 9.80 Å². The van der Waals surface area contributed by atoms with Gasteiger partial charge in [0.15, 0.2) is 5.13 Å². The highest BCUT2D eigenvalue weighted by molar-refractivity contribution is 7.22. The molecule has 1 unspecified atom stereocenters. The summed E-state index contributed by atoms with van der Waals surface area (Å²) in [4.78, 5) is 21.4. The summed E-state index contributed by atoms with van der Waals surface area (Å²) in [6, 6.07) is 4.62. The average Bonchev–Trinajstić information content (AvgIpc) is 2.98. The van der Waals surface area contributed by atoms with Crippen LogP contribution in [-0.2, 0) is 4.79 Å². The zero-order chi connectivity index (χ0) is 16.6. The van der Waals surface area contributed by atoms with Gasteiger partial charge in [0, 0.05) is 19.6 Å². The highest BCUT2D eigenvalue weighted by Gasteiger charge is 2.24. The van der Waals surface area contributed by atoms with Crippen LogP contribution in [0.3, 0.4) is 0 Å². The summed E-state index contributed by atoms with van der Waals surface area (Å²) in [5, 5.41) is 0.926. The van der Waals surface area contributed by atoms with Crippen molar-refractivity contribution in [2.75, 3.05) is 25.0 Å². The SMILES string of the molecule is Cc1ccc(C)c2sc(N(C)CC(=O)N3CCCCC3C)nc12. The summed E-state index contributed by atoms with van der Waals surface area (Å²) in [5.74, 6) is 0.215. The quantitative estimate of drug-likeness (QED) is 0.859. The Labute approximate surface area is 142 Å². The lowest BCUT2D eigenvalue weighted by Gasteiger charge is -2.34. The third-order valence-electron chi connectivity index (χ3n) is 4.75. The van der Waals surface area contributed by atoms with Crippen LogP contribution in [0, 0.1) is 13.8 Å². The number of amides is 1. The van der Waals surface area contributed by atoms with Gasteiger partial charge in [0.05, 0.1) is 16.8 Å². The van der Waals surface area contributed by atoms with Gasteiger partial charge in [-0.15, -0.1) is 0 Å². The van der Waals surface area contributed by atoms with Crippen molar-refractivity contribution in [2.24, 2.45) is 0 Å². The van der Waals surface area contributed by atoms with E-state index in [1.54, 1.807) is 11.3 Å². The van der Waals surface area contributed by atoms with E-state index >= 15 is 0 Å². The molecule has 1 aliphatic heterocycles. The number of nitrogens with zero attached hydrogens (tertiary/aromatic N) is 3. The number of likely N-dealkylation sites (tertiary alicyclic amines) is 1. The van der Waals surface area contributed by atoms with Gasteiger partial charge in [-0.25, -0.2) is 4.98 Å². The molecule has 1 aliphatic rings. The van der Waals surface area contributed by atoms with Crippen LogP contribution in [0.15, 0.2) is 12.1 Å². The van der Waals surface area contributed by atoms with Gasteiger partial charge in [-0.3, -0.25) is 4.79 Å². The first-order chi connectivity index (χ1) is 11.0. The molecule has 1 amide bonds. The molecule has 1 fully saturated rings. The second-order valence-electron chi connectivity index (χ2n) is 6.66. The van der Waals surface area contributed by atoms with Crippen molar-refractivity contribution in [1.29, 1.82) is 0 Å². The first kappa shape index (κ1) is 16.2. The fourth-order valence-electron chi connectivity index (χ4n) is 3.24. The van der Waals surface area contributed by atoms with Crippen molar-refractivity contribution in [2.45, 2.75) is 46.1 Å². The molecule has 1 aromatic carbocycles. The number of fused-ring (bicyclic) bond motifs is 1. The lowest BCUT2D eigenvalue weighted by molar-refractivity contribution is -0.132. The zero-order valence-electron chi connectivity index (χ0n) is 14.4. The van der Waals surface area contributed by atoms with Crippen LogP contribution in [0.25, 0.3) is 10.2 Å². The molecule has 1 aromatic heterocycles. The molecule has 5 heteroatoms. The molecule has 124 valence electrons. The Bertz CT molecular complexity index is 685. The number of piperidine rings is 1. The maximum Gasteiger partial charge on any atom is 0.242 e. The number of aromatic nitrogens is 1. The number of carbonyl (C=O) groups is 1. The van der Waals surface area contributed by atoms with E-state index in [9.17, 15) is 4.79 Å². The number of thiazole rings is 1. The van der Waals surface area contributed by atoms with Crippen molar-refractivity contribution in [3.8, 4) is 0 Å². The van der Waals surface area contributed by atoms with Crippen molar-refractivity contribution in [1.82, 2.24) is 9.88 Å². The molecule has 0 N–H and O–H groups in total. The fraction of sp³-hybridized carbons (Fsp3) is 0.556. The number of rotatable bonds is 3. The van der Waals surface area contributed by atoms with Crippen LogP contribution in [0.4, 0.5) is 5.13 Å². The Hall–Kier alpha value is -1.62. The molecule has 0 aliphatic carbocycles. The van der Waals surface area contributed by atoms with Crippen molar-refractivity contribution >= 4 is 32.6 Å². The molecule has 0 saturated carbocycles. The number of aryl methyl sites for hydroxylation is 2. The molecule has 2 aromatic rings. The molecule has 1 saturated heterocycles. The molecule has 3 rings (SSSR count). The predicted octanol–water partition coefficient (Wildman–Crippen LogP) is 3.75. The Kier molecular flexibility index (Phi) is 4.57.